The van der Waals surface area contributed by atoms with Gasteiger partial charge >= 0.3 is 5.91 Å². The van der Waals surface area contributed by atoms with Gasteiger partial charge in [-0.3, -0.25) is 9.59 Å². The van der Waals surface area contributed by atoms with Gasteiger partial charge in [-0.05, 0) is 79.8 Å². The van der Waals surface area contributed by atoms with E-state index < -0.39 is 5.91 Å². The number of Topliss-reactive ketones (excluding diaryl/α,β-unsaturated/α-hetero) is 1. The van der Waals surface area contributed by atoms with Crippen LogP contribution >= 0.6 is 11.6 Å². The molecule has 1 fully saturated rings. The van der Waals surface area contributed by atoms with Gasteiger partial charge in [0.15, 0.2) is 5.78 Å². The van der Waals surface area contributed by atoms with E-state index in [2.05, 4.69) is 5.18 Å². The zero-order valence-corrected chi connectivity index (χ0v) is 25.6. The Morgan fingerprint density at radius 3 is 2.61 bits per heavy atom. The molecule has 1 aliphatic carbocycles. The van der Waals surface area contributed by atoms with E-state index in [1.54, 1.807) is 29.9 Å². The van der Waals surface area contributed by atoms with Crippen molar-refractivity contribution in [2.45, 2.75) is 32.6 Å². The Balaban J connectivity index is 1.46. The van der Waals surface area contributed by atoms with E-state index in [1.807, 2.05) is 61.3 Å². The van der Waals surface area contributed by atoms with Crippen molar-refractivity contribution in [1.29, 1.82) is 0 Å². The third-order valence-corrected chi connectivity index (χ3v) is 8.38. The predicted molar refractivity (Wildman–Crippen MR) is 172 cm³/mol. The fourth-order valence-corrected chi connectivity index (χ4v) is 5.81. The number of nitrogens with zero attached hydrogens (tertiary/aromatic N) is 3. The number of halogens is 1. The van der Waals surface area contributed by atoms with Crippen molar-refractivity contribution in [3.63, 3.8) is 0 Å². The number of ether oxygens (including phenoxy) is 1. The minimum atomic E-state index is -0.816. The Morgan fingerprint density at radius 1 is 1.16 bits per heavy atom. The number of amides is 1. The average Bonchev–Trinajstić information content (AvgIpc) is 3.82. The van der Waals surface area contributed by atoms with Crippen molar-refractivity contribution in [3.8, 4) is 5.75 Å². The van der Waals surface area contributed by atoms with E-state index >= 15 is 0 Å². The molecule has 3 aromatic carbocycles. The van der Waals surface area contributed by atoms with Gasteiger partial charge in [0, 0.05) is 60.1 Å². The molecule has 2 N–H and O–H groups in total. The number of ketones is 1. The topological polar surface area (TPSA) is 124 Å². The van der Waals surface area contributed by atoms with Gasteiger partial charge in [-0.2, -0.15) is 0 Å². The highest BCUT2D eigenvalue weighted by molar-refractivity contribution is 6.32. The number of hydrogen-bond acceptors (Lipinski definition) is 7. The van der Waals surface area contributed by atoms with Gasteiger partial charge in [0.25, 0.3) is 0 Å². The summed E-state index contributed by atoms with van der Waals surface area (Å²) >= 11 is 6.48. The Hall–Kier alpha value is -4.76. The van der Waals surface area contributed by atoms with Crippen LogP contribution < -0.4 is 15.4 Å². The number of aryl methyl sites for hydroxylation is 3. The van der Waals surface area contributed by atoms with Crippen LogP contribution in [-0.4, -0.2) is 36.2 Å². The average molecular weight is 613 g/mol. The summed E-state index contributed by atoms with van der Waals surface area (Å²) in [5, 5.41) is 3.68. The third-order valence-electron chi connectivity index (χ3n) is 8.06. The standard InChI is InChI=1S/C34H33ClN4O5/c1-20-6-4-8-28(35)31(20)32(36)27(33(41)21-9-10-21)19-44-24-12-14-29(22(16-24)7-5-15-40)39(3)23-11-13-25-26(34(42)37-43)18-38(2)30(25)17-23/h4,6,8,11-18,21H,5,7,9-10,19,36H2,1-3H3. The first-order valence-electron chi connectivity index (χ1n) is 14.3. The van der Waals surface area contributed by atoms with Crippen molar-refractivity contribution < 1.29 is 19.1 Å². The van der Waals surface area contributed by atoms with Gasteiger partial charge in [0.1, 0.15) is 18.6 Å². The lowest BCUT2D eigenvalue weighted by Gasteiger charge is -2.24. The van der Waals surface area contributed by atoms with Gasteiger partial charge in [0.05, 0.1) is 27.4 Å². The molecule has 1 heterocycles. The summed E-state index contributed by atoms with van der Waals surface area (Å²) < 4.78 is 7.96. The summed E-state index contributed by atoms with van der Waals surface area (Å²) in [7, 11) is 3.71. The number of hydrogen-bond donors (Lipinski definition) is 1. The van der Waals surface area contributed by atoms with Crippen LogP contribution in [0.25, 0.3) is 16.6 Å². The molecular weight excluding hydrogens is 580 g/mol. The van der Waals surface area contributed by atoms with Crippen molar-refractivity contribution in [2.75, 3.05) is 18.6 Å². The zero-order chi connectivity index (χ0) is 31.5. The van der Waals surface area contributed by atoms with Crippen LogP contribution in [0.15, 0.2) is 71.5 Å². The lowest BCUT2D eigenvalue weighted by atomic mass is 9.98. The van der Waals surface area contributed by atoms with Crippen molar-refractivity contribution >= 4 is 57.6 Å². The molecule has 4 aromatic rings. The molecule has 226 valence electrons. The molecule has 0 bridgehead atoms. The maximum absolute atomic E-state index is 13.3. The second-order valence-corrected chi connectivity index (χ2v) is 11.5. The number of benzene rings is 3. The molecule has 0 aliphatic heterocycles. The number of fused-ring (bicyclic) bond motifs is 1. The van der Waals surface area contributed by atoms with Crippen molar-refractivity contribution in [3.05, 3.63) is 98.6 Å². The van der Waals surface area contributed by atoms with E-state index in [9.17, 15) is 19.3 Å². The zero-order valence-electron chi connectivity index (χ0n) is 24.8. The summed E-state index contributed by atoms with van der Waals surface area (Å²) in [5.74, 6) is -0.358. The maximum Gasteiger partial charge on any atom is 0.318 e. The van der Waals surface area contributed by atoms with Crippen LogP contribution in [-0.2, 0) is 23.1 Å². The molecule has 1 aliphatic rings. The van der Waals surface area contributed by atoms with Crippen LogP contribution in [0.4, 0.5) is 11.4 Å². The molecule has 9 nitrogen and oxygen atoms in total. The number of nitrogens with two attached hydrogens (primary N) is 1. The fraction of sp³-hybridized carbons (Fsp3) is 0.265. The van der Waals surface area contributed by atoms with E-state index in [0.29, 0.717) is 45.8 Å². The van der Waals surface area contributed by atoms with Gasteiger partial charge < -0.3 is 24.7 Å². The maximum atomic E-state index is 13.3. The van der Waals surface area contributed by atoms with Crippen molar-refractivity contribution in [1.82, 2.24) is 4.57 Å². The molecule has 0 spiro atoms. The molecule has 1 amide bonds. The third kappa shape index (κ3) is 6.14. The summed E-state index contributed by atoms with van der Waals surface area (Å²) in [5.41, 5.74) is 12.4. The van der Waals surface area contributed by atoms with E-state index in [-0.39, 0.29) is 23.9 Å². The van der Waals surface area contributed by atoms with E-state index in [1.165, 1.54) is 0 Å². The van der Waals surface area contributed by atoms with Crippen molar-refractivity contribution in [2.24, 2.45) is 23.9 Å². The van der Waals surface area contributed by atoms with Crippen LogP contribution in [0.3, 0.4) is 0 Å². The Morgan fingerprint density at radius 2 is 1.93 bits per heavy atom. The number of aldehydes is 1. The first-order valence-corrected chi connectivity index (χ1v) is 14.7. The molecule has 1 saturated carbocycles. The number of carbonyl (C=O) groups excluding carboxylic acids is 3. The first-order chi connectivity index (χ1) is 21.1. The lowest BCUT2D eigenvalue weighted by Crippen LogP contribution is -2.19. The summed E-state index contributed by atoms with van der Waals surface area (Å²) in [6, 6.07) is 16.7. The van der Waals surface area contributed by atoms with Gasteiger partial charge in [-0.15, -0.1) is 4.91 Å². The van der Waals surface area contributed by atoms with Gasteiger partial charge in [-0.1, -0.05) is 23.7 Å². The van der Waals surface area contributed by atoms with E-state index in [4.69, 9.17) is 22.1 Å². The fourth-order valence-electron chi connectivity index (χ4n) is 5.49. The van der Waals surface area contributed by atoms with E-state index in [0.717, 1.165) is 47.1 Å². The van der Waals surface area contributed by atoms with Crippen LogP contribution in [0.1, 0.15) is 46.3 Å². The molecular formula is C34H33ClN4O5. The molecule has 10 heteroatoms. The molecule has 0 unspecified atom stereocenters. The summed E-state index contributed by atoms with van der Waals surface area (Å²) in [6.07, 6.45) is 4.91. The SMILES string of the molecule is Cc1cccc(Cl)c1C(N)=C(COc1ccc(N(C)c2ccc3c(C(=O)N=O)cn(C)c3c2)c(CCC=O)c1)C(=O)C1CC1. The highest BCUT2D eigenvalue weighted by Crippen LogP contribution is 2.37. The lowest BCUT2D eigenvalue weighted by molar-refractivity contribution is -0.117. The van der Waals surface area contributed by atoms with Gasteiger partial charge in [-0.25, -0.2) is 0 Å². The van der Waals surface area contributed by atoms with Crippen LogP contribution in [0, 0.1) is 17.7 Å². The molecule has 44 heavy (non-hydrogen) atoms. The number of carbonyl (C=O) groups is 3. The second kappa shape index (κ2) is 12.9. The quantitative estimate of drug-likeness (QED) is 0.108. The van der Waals surface area contributed by atoms with Crippen LogP contribution in [0.5, 0.6) is 5.75 Å². The van der Waals surface area contributed by atoms with Crippen LogP contribution in [0.2, 0.25) is 5.02 Å². The normalized spacial score (nSPS) is 13.4. The smallest absolute Gasteiger partial charge is 0.318 e. The predicted octanol–water partition coefficient (Wildman–Crippen LogP) is 6.67. The molecule has 1 aromatic heterocycles. The largest absolute Gasteiger partial charge is 0.489 e. The highest BCUT2D eigenvalue weighted by Gasteiger charge is 2.34. The molecule has 5 rings (SSSR count). The minimum Gasteiger partial charge on any atom is -0.489 e. The number of nitroso groups, excluding NO2 is 1. The number of rotatable bonds is 12. The van der Waals surface area contributed by atoms with Gasteiger partial charge in [0.2, 0.25) is 0 Å². The Bertz CT molecular complexity index is 1800. The second-order valence-electron chi connectivity index (χ2n) is 11.1. The Kier molecular flexibility index (Phi) is 8.96. The monoisotopic (exact) mass is 612 g/mol. The first kappa shape index (κ1) is 30.7. The molecule has 0 saturated heterocycles. The summed E-state index contributed by atoms with van der Waals surface area (Å²) in [4.78, 5) is 49.5. The molecule has 0 radical (unpaired) electrons. The highest BCUT2D eigenvalue weighted by atomic mass is 35.5. The molecule has 0 atom stereocenters. The number of aromatic nitrogens is 1. The Labute approximate surface area is 260 Å². The number of anilines is 2. The summed E-state index contributed by atoms with van der Waals surface area (Å²) in [6.45, 7) is 1.88. The minimum absolute atomic E-state index is 0.0189.